The van der Waals surface area contributed by atoms with Crippen LogP contribution in [0.5, 0.6) is 0 Å². The second-order valence-electron chi connectivity index (χ2n) is 9.20. The topological polar surface area (TPSA) is 140 Å². The molecule has 39 heavy (non-hydrogen) atoms. The van der Waals surface area contributed by atoms with Crippen molar-refractivity contribution in [2.75, 3.05) is 49.6 Å². The number of piperazine rings is 1. The van der Waals surface area contributed by atoms with Crippen molar-refractivity contribution in [1.29, 1.82) is 5.41 Å². The van der Waals surface area contributed by atoms with E-state index in [1.807, 2.05) is 5.10 Å². The first-order valence-electron chi connectivity index (χ1n) is 11.6. The number of alkyl halides is 6. The average Bonchev–Trinajstić information content (AvgIpc) is 2.84. The Morgan fingerprint density at radius 2 is 1.79 bits per heavy atom. The van der Waals surface area contributed by atoms with E-state index >= 15 is 0 Å². The molecule has 17 heteroatoms. The summed E-state index contributed by atoms with van der Waals surface area (Å²) >= 11 is 0. The van der Waals surface area contributed by atoms with Crippen LogP contribution in [-0.4, -0.2) is 87.8 Å². The van der Waals surface area contributed by atoms with Crippen LogP contribution in [0.15, 0.2) is 23.4 Å². The van der Waals surface area contributed by atoms with Crippen molar-refractivity contribution >= 4 is 23.3 Å². The predicted molar refractivity (Wildman–Crippen MR) is 127 cm³/mol. The molecule has 3 N–H and O–H groups in total. The molecule has 0 radical (unpaired) electrons. The molecule has 1 amide bonds. The van der Waals surface area contributed by atoms with E-state index in [1.165, 1.54) is 0 Å². The van der Waals surface area contributed by atoms with Crippen LogP contribution in [0.25, 0.3) is 0 Å². The highest BCUT2D eigenvalue weighted by atomic mass is 19.4. The Bertz CT molecular complexity index is 1230. The lowest BCUT2D eigenvalue weighted by Crippen LogP contribution is -2.61. The maximum absolute atomic E-state index is 12.9. The Morgan fingerprint density at radius 1 is 1.13 bits per heavy atom. The fourth-order valence-electron chi connectivity index (χ4n) is 4.00. The third-order valence-electron chi connectivity index (χ3n) is 5.86. The van der Waals surface area contributed by atoms with Gasteiger partial charge in [0, 0.05) is 38.6 Å². The Labute approximate surface area is 218 Å². The van der Waals surface area contributed by atoms with E-state index < -0.39 is 40.3 Å². The Morgan fingerprint density at radius 3 is 2.38 bits per heavy atom. The number of nitrogens with one attached hydrogen (secondary N) is 3. The van der Waals surface area contributed by atoms with Crippen LogP contribution in [0.3, 0.4) is 0 Å². The van der Waals surface area contributed by atoms with Gasteiger partial charge in [0.05, 0.1) is 48.2 Å². The Hall–Kier alpha value is -3.76. The molecule has 0 saturated carbocycles. The van der Waals surface area contributed by atoms with Crippen LogP contribution in [0.1, 0.15) is 31.4 Å². The van der Waals surface area contributed by atoms with Gasteiger partial charge >= 0.3 is 12.4 Å². The number of rotatable bonds is 9. The van der Waals surface area contributed by atoms with E-state index in [2.05, 4.69) is 20.4 Å². The maximum atomic E-state index is 12.9. The van der Waals surface area contributed by atoms with E-state index in [-0.39, 0.29) is 56.8 Å². The Kier molecular flexibility index (Phi) is 8.82. The van der Waals surface area contributed by atoms with Gasteiger partial charge < -0.3 is 19.9 Å². The number of H-pyrrole nitrogens is 1. The minimum atomic E-state index is -5.02. The van der Waals surface area contributed by atoms with E-state index in [4.69, 9.17) is 10.1 Å². The third-order valence-corrected chi connectivity index (χ3v) is 5.86. The predicted octanol–water partition coefficient (Wildman–Crippen LogP) is 2.45. The monoisotopic (exact) mass is 564 g/mol. The van der Waals surface area contributed by atoms with E-state index in [1.54, 1.807) is 23.6 Å². The number of anilines is 2. The standard InChI is InChI=1S/C22H26F6N8O3/c1-20(2)12-35(19-31-9-13(10-32-19)21(23,24)25)5-6-36(20)15(37)3-7-39-8-4-30-14-11-33-34-18(38)16(14)17(29)22(26,27)28/h9-11,29H,3-8,12H2,1-2H3,(H2,30,34,38). The van der Waals surface area contributed by atoms with Crippen molar-refractivity contribution in [1.82, 2.24) is 25.1 Å². The molecule has 0 atom stereocenters. The van der Waals surface area contributed by atoms with E-state index in [0.29, 0.717) is 18.9 Å². The summed E-state index contributed by atoms with van der Waals surface area (Å²) in [4.78, 5) is 35.5. The number of hydrogen-bond donors (Lipinski definition) is 3. The van der Waals surface area contributed by atoms with Gasteiger partial charge in [0.25, 0.3) is 5.56 Å². The van der Waals surface area contributed by atoms with Gasteiger partial charge in [-0.2, -0.15) is 31.4 Å². The number of amides is 1. The van der Waals surface area contributed by atoms with Gasteiger partial charge in [-0.05, 0) is 13.8 Å². The van der Waals surface area contributed by atoms with Crippen LogP contribution in [0.2, 0.25) is 0 Å². The number of nitrogens with zero attached hydrogens (tertiary/aromatic N) is 5. The highest BCUT2D eigenvalue weighted by Crippen LogP contribution is 2.29. The molecule has 0 bridgehead atoms. The second-order valence-corrected chi connectivity index (χ2v) is 9.20. The number of aromatic amines is 1. The molecule has 3 heterocycles. The van der Waals surface area contributed by atoms with Gasteiger partial charge in [0.1, 0.15) is 0 Å². The zero-order valence-electron chi connectivity index (χ0n) is 20.9. The molecular weight excluding hydrogens is 538 g/mol. The molecule has 0 unspecified atom stereocenters. The number of halogens is 6. The number of ether oxygens (including phenoxy) is 1. The summed E-state index contributed by atoms with van der Waals surface area (Å²) in [5.41, 5.74) is -5.79. The first-order valence-corrected chi connectivity index (χ1v) is 11.6. The molecule has 1 saturated heterocycles. The summed E-state index contributed by atoms with van der Waals surface area (Å²) in [6, 6.07) is 0. The normalized spacial score (nSPS) is 15.8. The summed E-state index contributed by atoms with van der Waals surface area (Å²) in [6.07, 6.45) is -7.17. The van der Waals surface area contributed by atoms with E-state index in [0.717, 1.165) is 6.20 Å². The van der Waals surface area contributed by atoms with Crippen LogP contribution in [0.4, 0.5) is 38.0 Å². The van der Waals surface area contributed by atoms with Crippen molar-refractivity contribution in [3.8, 4) is 0 Å². The summed E-state index contributed by atoms with van der Waals surface area (Å²) in [5, 5.41) is 15.1. The summed E-state index contributed by atoms with van der Waals surface area (Å²) in [7, 11) is 0. The van der Waals surface area contributed by atoms with Gasteiger partial charge in [-0.25, -0.2) is 15.1 Å². The molecule has 0 spiro atoms. The van der Waals surface area contributed by atoms with Crippen molar-refractivity contribution in [3.63, 3.8) is 0 Å². The maximum Gasteiger partial charge on any atom is 0.433 e. The molecule has 0 aliphatic carbocycles. The largest absolute Gasteiger partial charge is 0.433 e. The molecule has 1 fully saturated rings. The zero-order chi connectivity index (χ0) is 29.0. The lowest BCUT2D eigenvalue weighted by Gasteiger charge is -2.47. The minimum Gasteiger partial charge on any atom is -0.381 e. The lowest BCUT2D eigenvalue weighted by molar-refractivity contribution is -0.139. The number of hydrogen-bond acceptors (Lipinski definition) is 9. The molecular formula is C22H26F6N8O3. The van der Waals surface area contributed by atoms with Gasteiger partial charge in [-0.15, -0.1) is 0 Å². The highest BCUT2D eigenvalue weighted by molar-refractivity contribution is 6.06. The smallest absolute Gasteiger partial charge is 0.381 e. The van der Waals surface area contributed by atoms with Crippen molar-refractivity contribution in [2.24, 2.45) is 0 Å². The highest BCUT2D eigenvalue weighted by Gasteiger charge is 2.39. The first kappa shape index (κ1) is 29.8. The van der Waals surface area contributed by atoms with Gasteiger partial charge in [-0.1, -0.05) is 0 Å². The fourth-order valence-corrected chi connectivity index (χ4v) is 4.00. The van der Waals surface area contributed by atoms with Crippen LogP contribution < -0.4 is 15.8 Å². The molecule has 11 nitrogen and oxygen atoms in total. The molecule has 2 aromatic heterocycles. The van der Waals surface area contributed by atoms with Crippen LogP contribution in [0, 0.1) is 5.41 Å². The molecule has 0 aromatic carbocycles. The average molecular weight is 564 g/mol. The third kappa shape index (κ3) is 7.42. The van der Waals surface area contributed by atoms with Crippen molar-refractivity contribution < 1.29 is 35.9 Å². The van der Waals surface area contributed by atoms with Gasteiger partial charge in [0.15, 0.2) is 5.71 Å². The molecule has 1 aliphatic rings. The molecule has 3 rings (SSSR count). The van der Waals surface area contributed by atoms with Crippen LogP contribution in [-0.2, 0) is 15.7 Å². The second kappa shape index (κ2) is 11.5. The summed E-state index contributed by atoms with van der Waals surface area (Å²) in [5.74, 6) is -0.0937. The molecule has 1 aliphatic heterocycles. The lowest BCUT2D eigenvalue weighted by atomic mass is 9.98. The van der Waals surface area contributed by atoms with Crippen molar-refractivity contribution in [3.05, 3.63) is 40.1 Å². The summed E-state index contributed by atoms with van der Waals surface area (Å²) in [6.45, 7) is 4.46. The minimum absolute atomic E-state index is 0.0107. The first-order chi connectivity index (χ1) is 18.1. The number of carbonyl (C=O) groups is 1. The molecule has 2 aromatic rings. The summed E-state index contributed by atoms with van der Waals surface area (Å²) < 4.78 is 82.4. The number of aromatic nitrogens is 4. The van der Waals surface area contributed by atoms with E-state index in [9.17, 15) is 35.9 Å². The van der Waals surface area contributed by atoms with Crippen molar-refractivity contribution in [2.45, 2.75) is 38.2 Å². The van der Waals surface area contributed by atoms with Gasteiger partial charge in [0.2, 0.25) is 11.9 Å². The fraction of sp³-hybridized carbons (Fsp3) is 0.545. The molecule has 214 valence electrons. The Balaban J connectivity index is 1.46. The van der Waals surface area contributed by atoms with Gasteiger partial charge in [-0.3, -0.25) is 15.0 Å². The zero-order valence-corrected chi connectivity index (χ0v) is 20.9. The van der Waals surface area contributed by atoms with Crippen LogP contribution >= 0.6 is 0 Å². The number of carbonyl (C=O) groups excluding carboxylic acids is 1. The quantitative estimate of drug-likeness (QED) is 0.240. The SMILES string of the molecule is CC1(C)CN(c2ncc(C(F)(F)F)cn2)CCN1C(=O)CCOCCNc1cn[nH]c(=O)c1C(=N)C(F)(F)F.